The molecule has 0 bridgehead atoms. The topological polar surface area (TPSA) is 102 Å². The van der Waals surface area contributed by atoms with Gasteiger partial charge in [0.2, 0.25) is 5.91 Å². The monoisotopic (exact) mass is 529 g/mol. The van der Waals surface area contributed by atoms with Gasteiger partial charge in [0.15, 0.2) is 5.78 Å². The Morgan fingerprint density at radius 3 is 2.53 bits per heavy atom. The summed E-state index contributed by atoms with van der Waals surface area (Å²) < 4.78 is 19.1. The molecule has 186 valence electrons. The normalized spacial score (nSPS) is 22.6. The van der Waals surface area contributed by atoms with Gasteiger partial charge in [-0.3, -0.25) is 14.5 Å². The van der Waals surface area contributed by atoms with Gasteiger partial charge in [0.05, 0.1) is 12.1 Å². The van der Waals surface area contributed by atoms with E-state index in [0.717, 1.165) is 7.11 Å². The number of hydrogen-bond donors (Lipinski definition) is 2. The van der Waals surface area contributed by atoms with E-state index in [1.807, 2.05) is 13.8 Å². The maximum absolute atomic E-state index is 14.0. The molecular weight excluding hydrogens is 508 g/mol. The first kappa shape index (κ1) is 24.3. The Balaban J connectivity index is 1.94. The van der Waals surface area contributed by atoms with E-state index in [1.54, 1.807) is 18.2 Å². The number of nitrogens with two attached hydrogens (primary N) is 1. The summed E-state index contributed by atoms with van der Waals surface area (Å²) in [4.78, 5) is 42.6. The predicted molar refractivity (Wildman–Crippen MR) is 134 cm³/mol. The maximum Gasteiger partial charge on any atom is 0.339 e. The minimum Gasteiger partial charge on any atom is -0.466 e. The predicted octanol–water partition coefficient (Wildman–Crippen LogP) is 4.83. The van der Waals surface area contributed by atoms with E-state index in [0.29, 0.717) is 34.1 Å². The summed E-state index contributed by atoms with van der Waals surface area (Å²) in [6, 6.07) is 8.72. The van der Waals surface area contributed by atoms with Gasteiger partial charge in [-0.05, 0) is 48.2 Å². The molecule has 1 amide bonds. The number of carbonyl (C=O) groups excluding carboxylic acids is 3. The minimum atomic E-state index is -1.87. The molecule has 10 heteroatoms. The highest BCUT2D eigenvalue weighted by Gasteiger charge is 2.63. The lowest BCUT2D eigenvalue weighted by atomic mass is 9.60. The number of benzene rings is 2. The largest absolute Gasteiger partial charge is 0.466 e. The SMILES string of the molecule is COC(=O)C1=C(N)N(c2ccc(F)c(Cl)c2)C2=C(C(=O)CC(C)(C)C2)C12C(=O)Nc1ccc(Cl)cc12. The smallest absolute Gasteiger partial charge is 0.339 e. The zero-order valence-corrected chi connectivity index (χ0v) is 21.2. The lowest BCUT2D eigenvalue weighted by molar-refractivity contribution is -0.138. The number of rotatable bonds is 2. The van der Waals surface area contributed by atoms with Gasteiger partial charge in [-0.25, -0.2) is 9.18 Å². The molecule has 0 saturated heterocycles. The molecule has 2 aliphatic heterocycles. The van der Waals surface area contributed by atoms with Crippen LogP contribution in [0.2, 0.25) is 10.0 Å². The number of nitrogens with one attached hydrogen (secondary N) is 1. The Kier molecular flexibility index (Phi) is 5.46. The number of amides is 1. The van der Waals surface area contributed by atoms with Crippen LogP contribution in [0, 0.1) is 11.2 Å². The van der Waals surface area contributed by atoms with Crippen LogP contribution in [0.5, 0.6) is 0 Å². The van der Waals surface area contributed by atoms with E-state index in [9.17, 15) is 18.8 Å². The molecule has 0 saturated carbocycles. The number of methoxy groups -OCH3 is 1. The first-order valence-corrected chi connectivity index (χ1v) is 11.9. The van der Waals surface area contributed by atoms with E-state index in [2.05, 4.69) is 5.32 Å². The number of esters is 1. The Morgan fingerprint density at radius 2 is 1.86 bits per heavy atom. The summed E-state index contributed by atoms with van der Waals surface area (Å²) in [5.74, 6) is -2.59. The van der Waals surface area contributed by atoms with Crippen molar-refractivity contribution >= 4 is 52.2 Å². The Labute approximate surface area is 216 Å². The highest BCUT2D eigenvalue weighted by Crippen LogP contribution is 2.57. The first-order valence-electron chi connectivity index (χ1n) is 11.1. The molecule has 2 heterocycles. The molecule has 2 aromatic rings. The molecule has 5 rings (SSSR count). The zero-order valence-electron chi connectivity index (χ0n) is 19.7. The highest BCUT2D eigenvalue weighted by atomic mass is 35.5. The number of Topliss-reactive ketones (excluding diaryl/α,β-unsaturated/α-hetero) is 1. The number of hydrogen-bond acceptors (Lipinski definition) is 6. The van der Waals surface area contributed by atoms with Crippen LogP contribution in [0.25, 0.3) is 0 Å². The number of ketones is 1. The van der Waals surface area contributed by atoms with E-state index in [1.165, 1.54) is 23.1 Å². The standard InChI is InChI=1S/C26H22Cl2FN3O4/c1-25(2)10-18-20(19(33)11-25)26(14-8-12(27)4-7-17(14)31-24(26)35)21(23(34)36-3)22(30)32(18)13-5-6-16(29)15(28)9-13/h4-9H,10-11,30H2,1-3H3,(H,31,35). The van der Waals surface area contributed by atoms with Crippen molar-refractivity contribution in [2.75, 3.05) is 17.3 Å². The van der Waals surface area contributed by atoms with Gasteiger partial charge in [0, 0.05) is 39.7 Å². The molecule has 0 fully saturated rings. The molecule has 1 aliphatic carbocycles. The van der Waals surface area contributed by atoms with Crippen molar-refractivity contribution < 1.29 is 23.5 Å². The third-order valence-electron chi connectivity index (χ3n) is 6.89. The van der Waals surface area contributed by atoms with E-state index >= 15 is 0 Å². The molecule has 36 heavy (non-hydrogen) atoms. The fraction of sp³-hybridized carbons (Fsp3) is 0.269. The fourth-order valence-electron chi connectivity index (χ4n) is 5.53. The van der Waals surface area contributed by atoms with Crippen LogP contribution in [0.1, 0.15) is 32.3 Å². The van der Waals surface area contributed by atoms with Gasteiger partial charge in [-0.15, -0.1) is 0 Å². The van der Waals surface area contributed by atoms with Crippen molar-refractivity contribution in [3.05, 3.63) is 80.5 Å². The molecule has 1 spiro atoms. The van der Waals surface area contributed by atoms with Crippen LogP contribution in [0.15, 0.2) is 59.1 Å². The number of fused-ring (bicyclic) bond motifs is 3. The Bertz CT molecular complexity index is 1450. The summed E-state index contributed by atoms with van der Waals surface area (Å²) in [6.45, 7) is 3.85. The van der Waals surface area contributed by atoms with Crippen molar-refractivity contribution in [3.8, 4) is 0 Å². The molecular formula is C26H22Cl2FN3O4. The van der Waals surface area contributed by atoms with Gasteiger partial charge in [0.1, 0.15) is 22.6 Å². The molecule has 3 aliphatic rings. The van der Waals surface area contributed by atoms with Crippen molar-refractivity contribution in [3.63, 3.8) is 0 Å². The number of halogens is 3. The van der Waals surface area contributed by atoms with Gasteiger partial charge >= 0.3 is 5.97 Å². The Hall–Kier alpha value is -3.36. The van der Waals surface area contributed by atoms with Crippen molar-refractivity contribution in [1.82, 2.24) is 0 Å². The second kappa shape index (κ2) is 8.08. The van der Waals surface area contributed by atoms with Crippen molar-refractivity contribution in [1.29, 1.82) is 0 Å². The Morgan fingerprint density at radius 1 is 1.14 bits per heavy atom. The van der Waals surface area contributed by atoms with Crippen molar-refractivity contribution in [2.24, 2.45) is 11.1 Å². The lowest BCUT2D eigenvalue weighted by Crippen LogP contribution is -2.54. The summed E-state index contributed by atoms with van der Waals surface area (Å²) in [6.07, 6.45) is 0.465. The van der Waals surface area contributed by atoms with Crippen LogP contribution in [-0.4, -0.2) is 24.8 Å². The third-order valence-corrected chi connectivity index (χ3v) is 7.42. The number of allylic oxidation sites excluding steroid dienone is 1. The summed E-state index contributed by atoms with van der Waals surface area (Å²) in [7, 11) is 1.16. The molecule has 0 aromatic heterocycles. The van der Waals surface area contributed by atoms with Crippen LogP contribution >= 0.6 is 23.2 Å². The van der Waals surface area contributed by atoms with Crippen LogP contribution in [0.4, 0.5) is 15.8 Å². The summed E-state index contributed by atoms with van der Waals surface area (Å²) in [5, 5.41) is 2.93. The lowest BCUT2D eigenvalue weighted by Gasteiger charge is -2.47. The van der Waals surface area contributed by atoms with Crippen molar-refractivity contribution in [2.45, 2.75) is 32.1 Å². The van der Waals surface area contributed by atoms with E-state index in [4.69, 9.17) is 33.7 Å². The maximum atomic E-state index is 14.0. The first-order chi connectivity index (χ1) is 16.9. The van der Waals surface area contributed by atoms with E-state index in [-0.39, 0.29) is 34.2 Å². The number of nitrogens with zero attached hydrogens (tertiary/aromatic N) is 1. The van der Waals surface area contributed by atoms with Gasteiger partial charge in [0.25, 0.3) is 0 Å². The number of carbonyl (C=O) groups is 3. The van der Waals surface area contributed by atoms with Crippen LogP contribution < -0.4 is 16.0 Å². The summed E-state index contributed by atoms with van der Waals surface area (Å²) in [5.41, 5.74) is 5.69. The zero-order chi connectivity index (χ0) is 26.2. The summed E-state index contributed by atoms with van der Waals surface area (Å²) >= 11 is 12.4. The van der Waals surface area contributed by atoms with Crippen LogP contribution in [-0.2, 0) is 24.5 Å². The average Bonchev–Trinajstić information content (AvgIpc) is 3.06. The quantitative estimate of drug-likeness (QED) is 0.540. The minimum absolute atomic E-state index is 0.107. The molecule has 0 radical (unpaired) electrons. The van der Waals surface area contributed by atoms with Gasteiger partial charge < -0.3 is 15.8 Å². The second-order valence-electron chi connectivity index (χ2n) is 9.84. The van der Waals surface area contributed by atoms with Crippen LogP contribution in [0.3, 0.4) is 0 Å². The third kappa shape index (κ3) is 3.28. The molecule has 3 N–H and O–H groups in total. The highest BCUT2D eigenvalue weighted by molar-refractivity contribution is 6.32. The molecule has 1 atom stereocenters. The van der Waals surface area contributed by atoms with Gasteiger partial charge in [-0.2, -0.15) is 0 Å². The van der Waals surface area contributed by atoms with E-state index < -0.39 is 28.5 Å². The molecule has 7 nitrogen and oxygen atoms in total. The van der Waals surface area contributed by atoms with Gasteiger partial charge in [-0.1, -0.05) is 37.0 Å². The average molecular weight is 530 g/mol. The fourth-order valence-corrected chi connectivity index (χ4v) is 5.88. The second-order valence-corrected chi connectivity index (χ2v) is 10.7. The number of ether oxygens (including phenoxy) is 1. The molecule has 2 aromatic carbocycles. The number of anilines is 2. The molecule has 1 unspecified atom stereocenters.